The number of pyridine rings is 1. The maximum absolute atomic E-state index is 5.14. The summed E-state index contributed by atoms with van der Waals surface area (Å²) in [6, 6.07) is 4.64. The lowest BCUT2D eigenvalue weighted by atomic mass is 10.1. The molecule has 4 heteroatoms. The second kappa shape index (κ2) is 5.66. The predicted octanol–water partition coefficient (Wildman–Crippen LogP) is 2.24. The van der Waals surface area contributed by atoms with Crippen LogP contribution in [-0.4, -0.2) is 30.0 Å². The number of rotatable bonds is 5. The normalized spacial score (nSPS) is 18.1. The summed E-state index contributed by atoms with van der Waals surface area (Å²) in [5.74, 6) is 0. The highest BCUT2D eigenvalue weighted by atomic mass is 32.2. The maximum atomic E-state index is 5.14. The van der Waals surface area contributed by atoms with E-state index in [1.807, 2.05) is 18.0 Å². The highest BCUT2D eigenvalue weighted by molar-refractivity contribution is 8.00. The van der Waals surface area contributed by atoms with Gasteiger partial charge in [0.2, 0.25) is 0 Å². The molecule has 2 rings (SSSR count). The van der Waals surface area contributed by atoms with E-state index in [-0.39, 0.29) is 0 Å². The minimum atomic E-state index is 0.378. The van der Waals surface area contributed by atoms with E-state index in [1.165, 1.54) is 5.56 Å². The zero-order chi connectivity index (χ0) is 11.4. The fourth-order valence-electron chi connectivity index (χ4n) is 1.59. The van der Waals surface area contributed by atoms with Crippen molar-refractivity contribution < 1.29 is 4.74 Å². The molecule has 16 heavy (non-hydrogen) atoms. The Labute approximate surface area is 101 Å². The molecule has 3 nitrogen and oxygen atoms in total. The van der Waals surface area contributed by atoms with E-state index in [4.69, 9.17) is 4.74 Å². The lowest BCUT2D eigenvalue weighted by molar-refractivity contribution is 0.0454. The first kappa shape index (κ1) is 11.9. The van der Waals surface area contributed by atoms with Crippen molar-refractivity contribution in [3.63, 3.8) is 0 Å². The van der Waals surface area contributed by atoms with Gasteiger partial charge < -0.3 is 10.1 Å². The molecule has 1 N–H and O–H groups in total. The second-order valence-corrected chi connectivity index (χ2v) is 5.31. The fraction of sp³-hybridized carbons (Fsp3) is 0.583. The molecule has 1 unspecified atom stereocenters. The molecule has 1 aromatic heterocycles. The zero-order valence-corrected chi connectivity index (χ0v) is 10.6. The van der Waals surface area contributed by atoms with Crippen molar-refractivity contribution in [3.8, 4) is 0 Å². The lowest BCUT2D eigenvalue weighted by Crippen LogP contribution is -2.30. The third-order valence-corrected chi connectivity index (χ3v) is 3.75. The van der Waals surface area contributed by atoms with Crippen molar-refractivity contribution in [2.24, 2.45) is 0 Å². The first-order chi connectivity index (χ1) is 7.79. The molecule has 0 amide bonds. The topological polar surface area (TPSA) is 34.1 Å². The van der Waals surface area contributed by atoms with Gasteiger partial charge in [-0.25, -0.2) is 4.98 Å². The highest BCUT2D eigenvalue weighted by Crippen LogP contribution is 2.26. The van der Waals surface area contributed by atoms with E-state index in [1.54, 1.807) is 0 Å². The molecule has 0 radical (unpaired) electrons. The fourth-order valence-corrected chi connectivity index (χ4v) is 2.52. The van der Waals surface area contributed by atoms with Crippen LogP contribution >= 0.6 is 11.8 Å². The van der Waals surface area contributed by atoms with E-state index < -0.39 is 0 Å². The number of aromatic nitrogens is 1. The average Bonchev–Trinajstić information content (AvgIpc) is 2.25. The molecule has 0 spiro atoms. The lowest BCUT2D eigenvalue weighted by Gasteiger charge is -2.24. The van der Waals surface area contributed by atoms with E-state index in [0.29, 0.717) is 11.3 Å². The van der Waals surface area contributed by atoms with Crippen LogP contribution < -0.4 is 5.32 Å². The number of hydrogen-bond acceptors (Lipinski definition) is 4. The Morgan fingerprint density at radius 3 is 2.88 bits per heavy atom. The Balaban J connectivity index is 1.92. The minimum Gasteiger partial charge on any atom is -0.379 e. The molecule has 88 valence electrons. The quantitative estimate of drug-likeness (QED) is 0.853. The summed E-state index contributed by atoms with van der Waals surface area (Å²) < 4.78 is 5.14. The Morgan fingerprint density at radius 2 is 2.38 bits per heavy atom. The average molecular weight is 238 g/mol. The Bertz CT molecular complexity index is 324. The molecule has 0 aliphatic carbocycles. The van der Waals surface area contributed by atoms with Gasteiger partial charge in [-0.15, -0.1) is 0 Å². The number of nitrogens with zero attached hydrogens (tertiary/aromatic N) is 1. The SMILES string of the molecule is CCNC(C)c1ccc(SC2COC2)nc1. The first-order valence-electron chi connectivity index (χ1n) is 5.73. The van der Waals surface area contributed by atoms with Gasteiger partial charge in [-0.1, -0.05) is 24.8 Å². The van der Waals surface area contributed by atoms with Gasteiger partial charge >= 0.3 is 0 Å². The predicted molar refractivity (Wildman–Crippen MR) is 66.8 cm³/mol. The molecule has 1 aromatic rings. The van der Waals surface area contributed by atoms with Gasteiger partial charge in [0.05, 0.1) is 23.5 Å². The summed E-state index contributed by atoms with van der Waals surface area (Å²) in [7, 11) is 0. The van der Waals surface area contributed by atoms with Crippen LogP contribution in [0.2, 0.25) is 0 Å². The largest absolute Gasteiger partial charge is 0.379 e. The van der Waals surface area contributed by atoms with Crippen molar-refractivity contribution in [2.75, 3.05) is 19.8 Å². The van der Waals surface area contributed by atoms with E-state index in [2.05, 4.69) is 36.3 Å². The van der Waals surface area contributed by atoms with Crippen LogP contribution in [0.5, 0.6) is 0 Å². The molecule has 0 bridgehead atoms. The molecule has 1 fully saturated rings. The molecular formula is C12H18N2OS. The Hall–Kier alpha value is -0.580. The van der Waals surface area contributed by atoms with Crippen molar-refractivity contribution in [2.45, 2.75) is 30.2 Å². The third kappa shape index (κ3) is 2.97. The van der Waals surface area contributed by atoms with Gasteiger partial charge in [-0.05, 0) is 25.1 Å². The standard InChI is InChI=1S/C12H18N2OS/c1-3-13-9(2)10-4-5-12(14-6-10)16-11-7-15-8-11/h4-6,9,11,13H,3,7-8H2,1-2H3. The molecular weight excluding hydrogens is 220 g/mol. The van der Waals surface area contributed by atoms with Gasteiger partial charge in [-0.2, -0.15) is 0 Å². The van der Waals surface area contributed by atoms with Crippen LogP contribution in [-0.2, 0) is 4.74 Å². The molecule has 1 aliphatic rings. The maximum Gasteiger partial charge on any atom is 0.0964 e. The first-order valence-corrected chi connectivity index (χ1v) is 6.61. The van der Waals surface area contributed by atoms with Crippen LogP contribution in [0.25, 0.3) is 0 Å². The Kier molecular flexibility index (Phi) is 4.21. The molecule has 1 aliphatic heterocycles. The van der Waals surface area contributed by atoms with Crippen LogP contribution in [0.15, 0.2) is 23.4 Å². The molecule has 2 heterocycles. The number of nitrogens with one attached hydrogen (secondary N) is 1. The number of hydrogen-bond donors (Lipinski definition) is 1. The van der Waals surface area contributed by atoms with Gasteiger partial charge in [0, 0.05) is 12.2 Å². The van der Waals surface area contributed by atoms with E-state index in [9.17, 15) is 0 Å². The third-order valence-electron chi connectivity index (χ3n) is 2.66. The highest BCUT2D eigenvalue weighted by Gasteiger charge is 2.19. The van der Waals surface area contributed by atoms with Gasteiger partial charge in [0.15, 0.2) is 0 Å². The molecule has 0 saturated carbocycles. The van der Waals surface area contributed by atoms with Crippen molar-refractivity contribution in [1.82, 2.24) is 10.3 Å². The summed E-state index contributed by atoms with van der Waals surface area (Å²) in [6.45, 7) is 6.98. The minimum absolute atomic E-state index is 0.378. The van der Waals surface area contributed by atoms with Crippen molar-refractivity contribution >= 4 is 11.8 Å². The monoisotopic (exact) mass is 238 g/mol. The van der Waals surface area contributed by atoms with Gasteiger partial charge in [-0.3, -0.25) is 0 Å². The van der Waals surface area contributed by atoms with Crippen LogP contribution in [0, 0.1) is 0 Å². The zero-order valence-electron chi connectivity index (χ0n) is 9.77. The van der Waals surface area contributed by atoms with Crippen LogP contribution in [0.4, 0.5) is 0 Å². The van der Waals surface area contributed by atoms with Crippen molar-refractivity contribution in [1.29, 1.82) is 0 Å². The summed E-state index contributed by atoms with van der Waals surface area (Å²) in [4.78, 5) is 4.47. The summed E-state index contributed by atoms with van der Waals surface area (Å²) >= 11 is 1.81. The van der Waals surface area contributed by atoms with Crippen LogP contribution in [0.1, 0.15) is 25.5 Å². The summed E-state index contributed by atoms with van der Waals surface area (Å²) in [6.07, 6.45) is 1.97. The summed E-state index contributed by atoms with van der Waals surface area (Å²) in [5.41, 5.74) is 1.25. The van der Waals surface area contributed by atoms with E-state index in [0.717, 1.165) is 24.8 Å². The second-order valence-electron chi connectivity index (χ2n) is 3.99. The Morgan fingerprint density at radius 1 is 1.56 bits per heavy atom. The van der Waals surface area contributed by atoms with E-state index >= 15 is 0 Å². The molecule has 1 saturated heterocycles. The number of ether oxygens (including phenoxy) is 1. The molecule has 0 aromatic carbocycles. The molecule has 1 atom stereocenters. The smallest absolute Gasteiger partial charge is 0.0964 e. The van der Waals surface area contributed by atoms with Gasteiger partial charge in [0.25, 0.3) is 0 Å². The number of thioether (sulfide) groups is 1. The summed E-state index contributed by atoms with van der Waals surface area (Å²) in [5, 5.41) is 5.08. The van der Waals surface area contributed by atoms with Crippen LogP contribution in [0.3, 0.4) is 0 Å². The van der Waals surface area contributed by atoms with Crippen molar-refractivity contribution in [3.05, 3.63) is 23.9 Å². The van der Waals surface area contributed by atoms with Gasteiger partial charge in [0.1, 0.15) is 0 Å².